The van der Waals surface area contributed by atoms with Crippen LogP contribution in [0.2, 0.25) is 0 Å². The Morgan fingerprint density at radius 2 is 2.00 bits per heavy atom. The minimum atomic E-state index is -0.334. The van der Waals surface area contributed by atoms with Gasteiger partial charge in [-0.15, -0.1) is 0 Å². The Hall–Kier alpha value is -2.64. The number of fused-ring (bicyclic) bond motifs is 3. The second kappa shape index (κ2) is 6.34. The van der Waals surface area contributed by atoms with Crippen LogP contribution >= 0.6 is 0 Å². The fourth-order valence-corrected chi connectivity index (χ4v) is 3.07. The Morgan fingerprint density at radius 3 is 2.64 bits per heavy atom. The molecule has 0 unspecified atom stereocenters. The summed E-state index contributed by atoms with van der Waals surface area (Å²) in [5.41, 5.74) is 1.13. The van der Waals surface area contributed by atoms with Crippen LogP contribution in [-0.4, -0.2) is 30.9 Å². The van der Waals surface area contributed by atoms with E-state index >= 15 is 0 Å². The Morgan fingerprint density at radius 1 is 1.28 bits per heavy atom. The highest BCUT2D eigenvalue weighted by Gasteiger charge is 2.26. The summed E-state index contributed by atoms with van der Waals surface area (Å²) in [4.78, 5) is 30.2. The number of rotatable bonds is 4. The lowest BCUT2D eigenvalue weighted by Crippen LogP contribution is -2.41. The molecule has 3 heterocycles. The molecule has 8 heteroatoms. The summed E-state index contributed by atoms with van der Waals surface area (Å²) in [7, 11) is 1.66. The van der Waals surface area contributed by atoms with E-state index in [0.717, 1.165) is 5.71 Å². The van der Waals surface area contributed by atoms with E-state index in [1.165, 1.54) is 9.13 Å². The van der Waals surface area contributed by atoms with Gasteiger partial charge < -0.3 is 0 Å². The standard InChI is InChI=1S/C17H24N6O2/c1-6-7-8-23-16-18-14-13(21(16)10-12(4)19-23)15(24)22(9-11(2)3)17(25)20(14)5/h6-7,11H,8-10H2,1-5H3/b7-6+. The smallest absolute Gasteiger partial charge is 0.297 e. The molecule has 0 amide bonds. The van der Waals surface area contributed by atoms with E-state index in [2.05, 4.69) is 10.1 Å². The molecule has 25 heavy (non-hydrogen) atoms. The van der Waals surface area contributed by atoms with Gasteiger partial charge in [-0.1, -0.05) is 26.0 Å². The van der Waals surface area contributed by atoms with Crippen LogP contribution in [-0.2, 0) is 20.1 Å². The van der Waals surface area contributed by atoms with Gasteiger partial charge in [0.1, 0.15) is 0 Å². The molecule has 0 saturated carbocycles. The molecule has 0 saturated heterocycles. The summed E-state index contributed by atoms with van der Waals surface area (Å²) < 4.78 is 4.62. The molecular weight excluding hydrogens is 320 g/mol. The van der Waals surface area contributed by atoms with Crippen LogP contribution < -0.4 is 16.3 Å². The molecule has 1 aliphatic rings. The van der Waals surface area contributed by atoms with Gasteiger partial charge in [0.15, 0.2) is 11.2 Å². The first-order valence-corrected chi connectivity index (χ1v) is 8.48. The first-order chi connectivity index (χ1) is 11.8. The highest BCUT2D eigenvalue weighted by atomic mass is 16.2. The van der Waals surface area contributed by atoms with Gasteiger partial charge in [0.25, 0.3) is 5.56 Å². The van der Waals surface area contributed by atoms with Crippen molar-refractivity contribution in [1.29, 1.82) is 0 Å². The largest absolute Gasteiger partial charge is 0.332 e. The molecule has 0 spiro atoms. The summed E-state index contributed by atoms with van der Waals surface area (Å²) in [5, 5.41) is 6.29. The maximum Gasteiger partial charge on any atom is 0.332 e. The lowest BCUT2D eigenvalue weighted by Gasteiger charge is -2.23. The van der Waals surface area contributed by atoms with Crippen molar-refractivity contribution in [3.63, 3.8) is 0 Å². The predicted molar refractivity (Wildman–Crippen MR) is 99.3 cm³/mol. The predicted octanol–water partition coefficient (Wildman–Crippen LogP) is 1.32. The second-order valence-corrected chi connectivity index (χ2v) is 6.81. The van der Waals surface area contributed by atoms with Gasteiger partial charge in [-0.05, 0) is 19.8 Å². The van der Waals surface area contributed by atoms with Gasteiger partial charge in [-0.3, -0.25) is 18.5 Å². The summed E-state index contributed by atoms with van der Waals surface area (Å²) in [6.07, 6.45) is 3.92. The highest BCUT2D eigenvalue weighted by Crippen LogP contribution is 2.23. The normalized spacial score (nSPS) is 14.6. The molecule has 0 N–H and O–H groups in total. The van der Waals surface area contributed by atoms with E-state index in [0.29, 0.717) is 36.7 Å². The maximum atomic E-state index is 13.0. The van der Waals surface area contributed by atoms with Gasteiger partial charge in [-0.2, -0.15) is 10.1 Å². The molecule has 1 aliphatic heterocycles. The van der Waals surface area contributed by atoms with Crippen LogP contribution in [0.3, 0.4) is 0 Å². The minimum Gasteiger partial charge on any atom is -0.297 e. The van der Waals surface area contributed by atoms with Gasteiger partial charge in [-0.25, -0.2) is 9.80 Å². The van der Waals surface area contributed by atoms with E-state index in [4.69, 9.17) is 0 Å². The van der Waals surface area contributed by atoms with Crippen LogP contribution in [0, 0.1) is 5.92 Å². The van der Waals surface area contributed by atoms with Gasteiger partial charge in [0, 0.05) is 13.6 Å². The second-order valence-electron chi connectivity index (χ2n) is 6.81. The molecule has 8 nitrogen and oxygen atoms in total. The number of allylic oxidation sites excluding steroid dienone is 1. The first kappa shape index (κ1) is 17.2. The number of aryl methyl sites for hydroxylation is 1. The van der Waals surface area contributed by atoms with Crippen LogP contribution in [0.15, 0.2) is 26.8 Å². The van der Waals surface area contributed by atoms with Crippen molar-refractivity contribution in [3.05, 3.63) is 33.0 Å². The van der Waals surface area contributed by atoms with Gasteiger partial charge in [0.05, 0.1) is 18.8 Å². The van der Waals surface area contributed by atoms with Crippen LogP contribution in [0.4, 0.5) is 5.95 Å². The number of anilines is 1. The van der Waals surface area contributed by atoms with Crippen LogP contribution in [0.5, 0.6) is 0 Å². The zero-order valence-electron chi connectivity index (χ0n) is 15.4. The molecule has 0 aliphatic carbocycles. The van der Waals surface area contributed by atoms with E-state index < -0.39 is 0 Å². The molecule has 0 fully saturated rings. The summed E-state index contributed by atoms with van der Waals surface area (Å²) in [6, 6.07) is 0. The van der Waals surface area contributed by atoms with E-state index in [1.807, 2.05) is 44.4 Å². The topological polar surface area (TPSA) is 77.4 Å². The van der Waals surface area contributed by atoms with Crippen molar-refractivity contribution in [2.75, 3.05) is 11.6 Å². The number of imidazole rings is 1. The quantitative estimate of drug-likeness (QED) is 0.784. The monoisotopic (exact) mass is 344 g/mol. The summed E-state index contributed by atoms with van der Waals surface area (Å²) in [5.74, 6) is 0.786. The molecule has 0 bridgehead atoms. The van der Waals surface area contributed by atoms with E-state index in [-0.39, 0.29) is 17.2 Å². The van der Waals surface area contributed by atoms with Crippen molar-refractivity contribution in [3.8, 4) is 0 Å². The summed E-state index contributed by atoms with van der Waals surface area (Å²) in [6.45, 7) is 9.27. The fraction of sp³-hybridized carbons (Fsp3) is 0.529. The number of aromatic nitrogens is 4. The van der Waals surface area contributed by atoms with Crippen molar-refractivity contribution in [1.82, 2.24) is 18.7 Å². The fourth-order valence-electron chi connectivity index (χ4n) is 3.07. The molecule has 0 atom stereocenters. The Labute approximate surface area is 145 Å². The molecule has 0 aromatic carbocycles. The lowest BCUT2D eigenvalue weighted by atomic mass is 10.2. The Bertz CT molecular complexity index is 989. The van der Waals surface area contributed by atoms with E-state index in [9.17, 15) is 9.59 Å². The molecule has 0 radical (unpaired) electrons. The Balaban J connectivity index is 2.30. The SMILES string of the molecule is C/C=C/CN1N=C(C)Cn2c1nc1c2c(=O)n(CC(C)C)c(=O)n1C. The van der Waals surface area contributed by atoms with Crippen molar-refractivity contribution in [2.24, 2.45) is 18.1 Å². The third kappa shape index (κ3) is 2.81. The van der Waals surface area contributed by atoms with Gasteiger partial charge >= 0.3 is 5.69 Å². The van der Waals surface area contributed by atoms with Crippen LogP contribution in [0.1, 0.15) is 27.7 Å². The molecule has 2 aromatic heterocycles. The van der Waals surface area contributed by atoms with Gasteiger partial charge in [0.2, 0.25) is 5.95 Å². The van der Waals surface area contributed by atoms with Crippen LogP contribution in [0.25, 0.3) is 11.2 Å². The zero-order valence-corrected chi connectivity index (χ0v) is 15.4. The lowest BCUT2D eigenvalue weighted by molar-refractivity contribution is 0.484. The number of nitrogens with zero attached hydrogens (tertiary/aromatic N) is 6. The number of hydrazone groups is 1. The number of hydrogen-bond donors (Lipinski definition) is 0. The summed E-state index contributed by atoms with van der Waals surface area (Å²) >= 11 is 0. The highest BCUT2D eigenvalue weighted by molar-refractivity contribution is 5.87. The molecule has 134 valence electrons. The Kier molecular flexibility index (Phi) is 4.36. The van der Waals surface area contributed by atoms with E-state index in [1.54, 1.807) is 12.1 Å². The third-order valence-corrected chi connectivity index (χ3v) is 4.18. The first-order valence-electron chi connectivity index (χ1n) is 8.48. The molecule has 3 rings (SSSR count). The average molecular weight is 344 g/mol. The van der Waals surface area contributed by atoms with Crippen molar-refractivity contribution >= 4 is 22.8 Å². The zero-order chi connectivity index (χ0) is 18.3. The molecular formula is C17H24N6O2. The number of hydrogen-bond acceptors (Lipinski definition) is 5. The minimum absolute atomic E-state index is 0.195. The maximum absolute atomic E-state index is 13.0. The van der Waals surface area contributed by atoms with Crippen molar-refractivity contribution < 1.29 is 0 Å². The average Bonchev–Trinajstić information content (AvgIpc) is 2.94. The third-order valence-electron chi connectivity index (χ3n) is 4.18. The van der Waals surface area contributed by atoms with Crippen molar-refractivity contribution in [2.45, 2.75) is 40.8 Å². The molecule has 2 aromatic rings.